The normalized spacial score (nSPS) is 10.9. The third kappa shape index (κ3) is 1.87. The van der Waals surface area contributed by atoms with Gasteiger partial charge in [-0.05, 0) is 35.0 Å². The van der Waals surface area contributed by atoms with Crippen molar-refractivity contribution in [3.8, 4) is 11.3 Å². The first kappa shape index (κ1) is 10.5. The summed E-state index contributed by atoms with van der Waals surface area (Å²) in [6.45, 7) is 2.09. The molecule has 0 saturated heterocycles. The number of imidazole rings is 1. The van der Waals surface area contributed by atoms with Gasteiger partial charge in [0.2, 0.25) is 0 Å². The molecule has 0 aliphatic rings. The van der Waals surface area contributed by atoms with E-state index in [-0.39, 0.29) is 0 Å². The topological polar surface area (TPSA) is 17.3 Å². The Morgan fingerprint density at radius 1 is 1.06 bits per heavy atom. The number of halogens is 1. The van der Waals surface area contributed by atoms with Crippen LogP contribution in [0.15, 0.2) is 53.3 Å². The quantitative estimate of drug-likeness (QED) is 0.617. The summed E-state index contributed by atoms with van der Waals surface area (Å²) in [4.78, 5) is 4.61. The maximum atomic E-state index is 4.61. The molecule has 0 bridgehead atoms. The fourth-order valence-corrected chi connectivity index (χ4v) is 2.28. The van der Waals surface area contributed by atoms with Crippen LogP contribution < -0.4 is 0 Å². The van der Waals surface area contributed by atoms with Gasteiger partial charge in [-0.3, -0.25) is 4.40 Å². The highest BCUT2D eigenvalue weighted by atomic mass is 79.9. The van der Waals surface area contributed by atoms with Crippen molar-refractivity contribution in [1.29, 1.82) is 0 Å². The van der Waals surface area contributed by atoms with Gasteiger partial charge in [-0.1, -0.05) is 35.9 Å². The van der Waals surface area contributed by atoms with Gasteiger partial charge in [-0.25, -0.2) is 4.98 Å². The lowest BCUT2D eigenvalue weighted by Gasteiger charge is -1.96. The van der Waals surface area contributed by atoms with Gasteiger partial charge in [0, 0.05) is 11.8 Å². The standard InChI is InChI=1S/C14H11BrN2/c1-10-5-7-11(8-6-10)12-9-17-13(15)3-2-4-14(17)16-12/h2-9H,1H3. The Balaban J connectivity index is 2.18. The van der Waals surface area contributed by atoms with Crippen LogP contribution in [-0.2, 0) is 0 Å². The van der Waals surface area contributed by atoms with Gasteiger partial charge in [0.25, 0.3) is 0 Å². The minimum absolute atomic E-state index is 0.954. The van der Waals surface area contributed by atoms with E-state index in [0.717, 1.165) is 21.5 Å². The minimum Gasteiger partial charge on any atom is -0.293 e. The van der Waals surface area contributed by atoms with Crippen molar-refractivity contribution in [3.05, 3.63) is 58.8 Å². The highest BCUT2D eigenvalue weighted by Gasteiger charge is 2.05. The average molecular weight is 287 g/mol. The molecule has 2 heterocycles. The van der Waals surface area contributed by atoms with E-state index in [1.54, 1.807) is 0 Å². The lowest BCUT2D eigenvalue weighted by molar-refractivity contribution is 1.14. The summed E-state index contributed by atoms with van der Waals surface area (Å²) >= 11 is 3.52. The number of hydrogen-bond donors (Lipinski definition) is 0. The summed E-state index contributed by atoms with van der Waals surface area (Å²) < 4.78 is 3.05. The molecular formula is C14H11BrN2. The molecule has 1 aromatic carbocycles. The number of hydrogen-bond acceptors (Lipinski definition) is 1. The van der Waals surface area contributed by atoms with Crippen molar-refractivity contribution in [2.75, 3.05) is 0 Å². The van der Waals surface area contributed by atoms with E-state index in [1.807, 2.05) is 28.8 Å². The second-order valence-electron chi connectivity index (χ2n) is 4.07. The van der Waals surface area contributed by atoms with Gasteiger partial charge in [0.05, 0.1) is 10.3 Å². The molecule has 84 valence electrons. The van der Waals surface area contributed by atoms with E-state index in [0.29, 0.717) is 0 Å². The molecule has 0 fully saturated rings. The molecular weight excluding hydrogens is 276 g/mol. The third-order valence-corrected chi connectivity index (χ3v) is 3.44. The molecule has 17 heavy (non-hydrogen) atoms. The molecule has 3 heteroatoms. The van der Waals surface area contributed by atoms with Gasteiger partial charge in [0.1, 0.15) is 5.65 Å². The lowest BCUT2D eigenvalue weighted by atomic mass is 10.1. The van der Waals surface area contributed by atoms with Crippen LogP contribution in [-0.4, -0.2) is 9.38 Å². The van der Waals surface area contributed by atoms with Crippen LogP contribution >= 0.6 is 15.9 Å². The predicted molar refractivity (Wildman–Crippen MR) is 73.1 cm³/mol. The van der Waals surface area contributed by atoms with Gasteiger partial charge < -0.3 is 0 Å². The van der Waals surface area contributed by atoms with Gasteiger partial charge in [-0.15, -0.1) is 0 Å². The molecule has 0 amide bonds. The van der Waals surface area contributed by atoms with Crippen LogP contribution in [0.1, 0.15) is 5.56 Å². The number of nitrogens with zero attached hydrogens (tertiary/aromatic N) is 2. The molecule has 3 rings (SSSR count). The average Bonchev–Trinajstić information content (AvgIpc) is 2.75. The van der Waals surface area contributed by atoms with E-state index in [1.165, 1.54) is 5.56 Å². The Morgan fingerprint density at radius 2 is 1.82 bits per heavy atom. The molecule has 0 aliphatic carbocycles. The molecule has 0 spiro atoms. The summed E-state index contributed by atoms with van der Waals surface area (Å²) in [5, 5.41) is 0. The first-order chi connectivity index (χ1) is 8.24. The molecule has 0 radical (unpaired) electrons. The molecule has 0 saturated carbocycles. The monoisotopic (exact) mass is 286 g/mol. The molecule has 3 aromatic rings. The van der Waals surface area contributed by atoms with E-state index in [4.69, 9.17) is 0 Å². The molecule has 0 unspecified atom stereocenters. The maximum absolute atomic E-state index is 4.61. The van der Waals surface area contributed by atoms with Crippen LogP contribution in [0.3, 0.4) is 0 Å². The van der Waals surface area contributed by atoms with E-state index in [9.17, 15) is 0 Å². The first-order valence-electron chi connectivity index (χ1n) is 5.45. The highest BCUT2D eigenvalue weighted by molar-refractivity contribution is 9.10. The van der Waals surface area contributed by atoms with Crippen molar-refractivity contribution in [1.82, 2.24) is 9.38 Å². The Morgan fingerprint density at radius 3 is 2.53 bits per heavy atom. The van der Waals surface area contributed by atoms with Gasteiger partial charge >= 0.3 is 0 Å². The number of benzene rings is 1. The Kier molecular flexibility index (Phi) is 2.48. The van der Waals surface area contributed by atoms with Crippen molar-refractivity contribution in [2.24, 2.45) is 0 Å². The zero-order valence-electron chi connectivity index (χ0n) is 9.39. The number of fused-ring (bicyclic) bond motifs is 1. The van der Waals surface area contributed by atoms with Crippen molar-refractivity contribution < 1.29 is 0 Å². The number of rotatable bonds is 1. The predicted octanol–water partition coefficient (Wildman–Crippen LogP) is 4.07. The van der Waals surface area contributed by atoms with Crippen molar-refractivity contribution >= 4 is 21.6 Å². The molecule has 0 aliphatic heterocycles. The summed E-state index contributed by atoms with van der Waals surface area (Å²) in [7, 11) is 0. The van der Waals surface area contributed by atoms with Crippen LogP contribution in [0.4, 0.5) is 0 Å². The minimum atomic E-state index is 0.954. The van der Waals surface area contributed by atoms with Gasteiger partial charge in [-0.2, -0.15) is 0 Å². The van der Waals surface area contributed by atoms with Crippen molar-refractivity contribution in [2.45, 2.75) is 6.92 Å². The second kappa shape index (κ2) is 4.00. The number of aryl methyl sites for hydroxylation is 1. The number of aromatic nitrogens is 2. The fraction of sp³-hybridized carbons (Fsp3) is 0.0714. The molecule has 0 N–H and O–H groups in total. The fourth-order valence-electron chi connectivity index (χ4n) is 1.84. The van der Waals surface area contributed by atoms with Crippen LogP contribution in [0, 0.1) is 6.92 Å². The number of pyridine rings is 1. The zero-order valence-corrected chi connectivity index (χ0v) is 11.0. The van der Waals surface area contributed by atoms with Crippen molar-refractivity contribution in [3.63, 3.8) is 0 Å². The molecule has 2 aromatic heterocycles. The smallest absolute Gasteiger partial charge is 0.138 e. The largest absolute Gasteiger partial charge is 0.293 e. The second-order valence-corrected chi connectivity index (χ2v) is 4.88. The summed E-state index contributed by atoms with van der Waals surface area (Å²) in [6, 6.07) is 14.4. The maximum Gasteiger partial charge on any atom is 0.138 e. The zero-order chi connectivity index (χ0) is 11.8. The van der Waals surface area contributed by atoms with E-state index >= 15 is 0 Å². The van der Waals surface area contributed by atoms with Crippen LogP contribution in [0.2, 0.25) is 0 Å². The third-order valence-electron chi connectivity index (χ3n) is 2.79. The molecule has 2 nitrogen and oxygen atoms in total. The van der Waals surface area contributed by atoms with E-state index < -0.39 is 0 Å². The van der Waals surface area contributed by atoms with E-state index in [2.05, 4.69) is 52.1 Å². The molecule has 0 atom stereocenters. The summed E-state index contributed by atoms with van der Waals surface area (Å²) in [5.41, 5.74) is 4.36. The summed E-state index contributed by atoms with van der Waals surface area (Å²) in [5.74, 6) is 0. The Labute approximate surface area is 108 Å². The van der Waals surface area contributed by atoms with Crippen LogP contribution in [0.25, 0.3) is 16.9 Å². The summed E-state index contributed by atoms with van der Waals surface area (Å²) in [6.07, 6.45) is 2.05. The SMILES string of the molecule is Cc1ccc(-c2cn3c(Br)cccc3n2)cc1. The van der Waals surface area contributed by atoms with Crippen LogP contribution in [0.5, 0.6) is 0 Å². The lowest BCUT2D eigenvalue weighted by Crippen LogP contribution is -1.82. The Hall–Kier alpha value is -1.61. The first-order valence-corrected chi connectivity index (χ1v) is 6.24. The highest BCUT2D eigenvalue weighted by Crippen LogP contribution is 2.22. The Bertz CT molecular complexity index is 668. The van der Waals surface area contributed by atoms with Gasteiger partial charge in [0.15, 0.2) is 0 Å².